The number of ether oxygens (including phenoxy) is 2. The summed E-state index contributed by atoms with van der Waals surface area (Å²) in [4.78, 5) is 3.94. The molecule has 0 spiro atoms. The topological polar surface area (TPSA) is 43.4 Å². The highest BCUT2D eigenvalue weighted by atomic mass is 19.1. The summed E-state index contributed by atoms with van der Waals surface area (Å²) in [5.74, 6) is 0.810. The summed E-state index contributed by atoms with van der Waals surface area (Å²) in [5, 5.41) is 3.07. The molecule has 2 heterocycles. The van der Waals surface area contributed by atoms with Gasteiger partial charge in [0.2, 0.25) is 0 Å². The van der Waals surface area contributed by atoms with Crippen molar-refractivity contribution >= 4 is 0 Å². The number of pyridine rings is 1. The second kappa shape index (κ2) is 4.85. The van der Waals surface area contributed by atoms with Crippen LogP contribution in [0.3, 0.4) is 0 Å². The Bertz CT molecular complexity index is 604. The van der Waals surface area contributed by atoms with Crippen LogP contribution < -0.4 is 14.8 Å². The zero-order valence-corrected chi connectivity index (χ0v) is 10.4. The summed E-state index contributed by atoms with van der Waals surface area (Å²) in [7, 11) is 1.84. The number of nitrogens with zero attached hydrogens (tertiary/aromatic N) is 1. The fourth-order valence-corrected chi connectivity index (χ4v) is 2.06. The summed E-state index contributed by atoms with van der Waals surface area (Å²) in [5.41, 5.74) is 0.912. The van der Waals surface area contributed by atoms with Crippen LogP contribution in [0.1, 0.15) is 11.7 Å². The Kier molecular flexibility index (Phi) is 3.05. The maximum absolute atomic E-state index is 13.2. The van der Waals surface area contributed by atoms with Crippen molar-refractivity contribution in [2.45, 2.75) is 6.10 Å². The smallest absolute Gasteiger partial charge is 0.258 e. The van der Waals surface area contributed by atoms with E-state index in [1.165, 1.54) is 6.07 Å². The van der Waals surface area contributed by atoms with Gasteiger partial charge >= 0.3 is 0 Å². The Morgan fingerprint density at radius 2 is 2.16 bits per heavy atom. The number of aromatic nitrogens is 1. The molecular weight excluding hydrogens is 247 g/mol. The van der Waals surface area contributed by atoms with Gasteiger partial charge in [-0.15, -0.1) is 0 Å². The number of nitrogens with one attached hydrogen (secondary N) is 1. The molecule has 0 saturated carbocycles. The van der Waals surface area contributed by atoms with E-state index in [1.54, 1.807) is 0 Å². The molecule has 1 aromatic heterocycles. The lowest BCUT2D eigenvalue weighted by Crippen LogP contribution is -2.21. The number of rotatable bonds is 2. The average Bonchev–Trinajstić information content (AvgIpc) is 2.56. The average molecular weight is 260 g/mol. The minimum atomic E-state index is -0.452. The second-order valence-electron chi connectivity index (χ2n) is 4.26. The Balaban J connectivity index is 2.09. The first-order valence-corrected chi connectivity index (χ1v) is 6.01. The van der Waals surface area contributed by atoms with Gasteiger partial charge in [-0.1, -0.05) is 18.2 Å². The summed E-state index contributed by atoms with van der Waals surface area (Å²) in [6, 6.07) is 8.83. The third kappa shape index (κ3) is 2.24. The van der Waals surface area contributed by atoms with E-state index in [2.05, 4.69) is 10.3 Å². The first kappa shape index (κ1) is 11.9. The Morgan fingerprint density at radius 3 is 3.00 bits per heavy atom. The van der Waals surface area contributed by atoms with Crippen LogP contribution in [0.15, 0.2) is 36.5 Å². The minimum absolute atomic E-state index is 0.222. The fourth-order valence-electron chi connectivity index (χ4n) is 2.06. The zero-order valence-electron chi connectivity index (χ0n) is 10.4. The van der Waals surface area contributed by atoms with Gasteiger partial charge in [0.25, 0.3) is 5.88 Å². The predicted octanol–water partition coefficient (Wildman–Crippen LogP) is 2.67. The number of hydrogen-bond donors (Lipinski definition) is 1. The third-order valence-corrected chi connectivity index (χ3v) is 2.91. The molecule has 0 amide bonds. The molecule has 2 aromatic rings. The predicted molar refractivity (Wildman–Crippen MR) is 68.0 cm³/mol. The van der Waals surface area contributed by atoms with Crippen molar-refractivity contribution in [3.8, 4) is 17.4 Å². The van der Waals surface area contributed by atoms with Crippen LogP contribution in [-0.2, 0) is 0 Å². The molecule has 0 fully saturated rings. The monoisotopic (exact) mass is 260 g/mol. The Morgan fingerprint density at radius 1 is 1.32 bits per heavy atom. The summed E-state index contributed by atoms with van der Waals surface area (Å²) in [6.45, 7) is 0.610. The van der Waals surface area contributed by atoms with E-state index in [0.29, 0.717) is 23.9 Å². The summed E-state index contributed by atoms with van der Waals surface area (Å²) in [6.07, 6.45) is 0.898. The van der Waals surface area contributed by atoms with Gasteiger partial charge in [-0.25, -0.2) is 9.37 Å². The Labute approximate surface area is 110 Å². The molecule has 4 nitrogen and oxygen atoms in total. The number of halogens is 1. The molecule has 1 aliphatic rings. The van der Waals surface area contributed by atoms with E-state index in [9.17, 15) is 4.39 Å². The van der Waals surface area contributed by atoms with Crippen LogP contribution in [0.4, 0.5) is 4.39 Å². The maximum Gasteiger partial charge on any atom is 0.258 e. The van der Waals surface area contributed by atoms with Gasteiger partial charge in [-0.05, 0) is 13.1 Å². The molecule has 19 heavy (non-hydrogen) atoms. The van der Waals surface area contributed by atoms with Crippen LogP contribution in [0, 0.1) is 5.82 Å². The van der Waals surface area contributed by atoms with Crippen LogP contribution in [0.2, 0.25) is 0 Å². The first-order valence-electron chi connectivity index (χ1n) is 6.01. The number of para-hydroxylation sites is 1. The molecule has 0 unspecified atom stereocenters. The second-order valence-corrected chi connectivity index (χ2v) is 4.26. The van der Waals surface area contributed by atoms with Gasteiger partial charge in [0.15, 0.2) is 5.75 Å². The van der Waals surface area contributed by atoms with Gasteiger partial charge in [-0.3, -0.25) is 0 Å². The van der Waals surface area contributed by atoms with Crippen molar-refractivity contribution in [2.24, 2.45) is 0 Å². The van der Waals surface area contributed by atoms with E-state index >= 15 is 0 Å². The van der Waals surface area contributed by atoms with Gasteiger partial charge in [0, 0.05) is 18.2 Å². The lowest BCUT2D eigenvalue weighted by Gasteiger charge is -2.16. The Hall–Kier alpha value is -2.14. The van der Waals surface area contributed by atoms with E-state index in [1.807, 2.05) is 31.3 Å². The molecule has 1 aliphatic heterocycles. The third-order valence-electron chi connectivity index (χ3n) is 2.91. The van der Waals surface area contributed by atoms with Crippen molar-refractivity contribution < 1.29 is 13.9 Å². The molecule has 1 atom stereocenters. The van der Waals surface area contributed by atoms with Gasteiger partial charge in [0.1, 0.15) is 17.7 Å². The molecule has 1 N–H and O–H groups in total. The molecule has 0 bridgehead atoms. The maximum atomic E-state index is 13.2. The molecule has 0 radical (unpaired) electrons. The highest BCUT2D eigenvalue weighted by Gasteiger charge is 2.25. The molecule has 5 heteroatoms. The summed E-state index contributed by atoms with van der Waals surface area (Å²) >= 11 is 0. The molecular formula is C14H13FN2O2. The van der Waals surface area contributed by atoms with Crippen molar-refractivity contribution in [3.05, 3.63) is 47.9 Å². The van der Waals surface area contributed by atoms with E-state index in [0.717, 1.165) is 11.8 Å². The van der Waals surface area contributed by atoms with E-state index in [-0.39, 0.29) is 6.10 Å². The number of benzene rings is 1. The highest BCUT2D eigenvalue weighted by molar-refractivity contribution is 5.45. The van der Waals surface area contributed by atoms with Gasteiger partial charge in [-0.2, -0.15) is 0 Å². The minimum Gasteiger partial charge on any atom is -0.465 e. The molecule has 3 rings (SSSR count). The summed E-state index contributed by atoms with van der Waals surface area (Å²) < 4.78 is 24.8. The lowest BCUT2D eigenvalue weighted by atomic mass is 10.1. The zero-order chi connectivity index (χ0) is 13.2. The SMILES string of the molecule is CNC[C@@H]1Oc2ncc(F)cc2Oc2ccccc21. The van der Waals surface area contributed by atoms with Crippen molar-refractivity contribution in [3.63, 3.8) is 0 Å². The largest absolute Gasteiger partial charge is 0.465 e. The van der Waals surface area contributed by atoms with Crippen LogP contribution >= 0.6 is 0 Å². The number of likely N-dealkylation sites (N-methyl/N-ethyl adjacent to an activating group) is 1. The van der Waals surface area contributed by atoms with Gasteiger partial charge < -0.3 is 14.8 Å². The van der Waals surface area contributed by atoms with Crippen molar-refractivity contribution in [1.29, 1.82) is 0 Å². The fraction of sp³-hybridized carbons (Fsp3) is 0.214. The van der Waals surface area contributed by atoms with E-state index < -0.39 is 5.82 Å². The van der Waals surface area contributed by atoms with Gasteiger partial charge in [0.05, 0.1) is 6.20 Å². The highest BCUT2D eigenvalue weighted by Crippen LogP contribution is 2.40. The van der Waals surface area contributed by atoms with E-state index in [4.69, 9.17) is 9.47 Å². The van der Waals surface area contributed by atoms with Crippen molar-refractivity contribution in [2.75, 3.05) is 13.6 Å². The lowest BCUT2D eigenvalue weighted by molar-refractivity contribution is 0.198. The normalized spacial score (nSPS) is 16.6. The quantitative estimate of drug-likeness (QED) is 0.901. The van der Waals surface area contributed by atoms with Crippen molar-refractivity contribution in [1.82, 2.24) is 10.3 Å². The molecule has 0 aliphatic carbocycles. The van der Waals surface area contributed by atoms with Crippen LogP contribution in [0.5, 0.6) is 17.4 Å². The van der Waals surface area contributed by atoms with Crippen LogP contribution in [0.25, 0.3) is 0 Å². The first-order chi connectivity index (χ1) is 9.28. The number of hydrogen-bond acceptors (Lipinski definition) is 4. The number of fused-ring (bicyclic) bond motifs is 2. The molecule has 98 valence electrons. The van der Waals surface area contributed by atoms with Crippen LogP contribution in [-0.4, -0.2) is 18.6 Å². The standard InChI is InChI=1S/C14H13FN2O2/c1-16-8-13-10-4-2-3-5-11(10)18-12-6-9(15)7-17-14(12)19-13/h2-7,13,16H,8H2,1H3/t13-/m0/s1. The molecule has 1 aromatic carbocycles. The molecule has 0 saturated heterocycles.